The predicted molar refractivity (Wildman–Crippen MR) is 115 cm³/mol. The van der Waals surface area contributed by atoms with Crippen molar-refractivity contribution in [1.82, 2.24) is 0 Å². The topological polar surface area (TPSA) is 99.0 Å². The van der Waals surface area contributed by atoms with Gasteiger partial charge in [-0.2, -0.15) is 0 Å². The molecule has 0 unspecified atom stereocenters. The first kappa shape index (κ1) is 24.1. The van der Waals surface area contributed by atoms with Gasteiger partial charge in [-0.25, -0.2) is 0 Å². The van der Waals surface area contributed by atoms with E-state index in [1.165, 1.54) is 0 Å². The van der Waals surface area contributed by atoms with Crippen LogP contribution in [0.4, 0.5) is 22.7 Å². The quantitative estimate of drug-likeness (QED) is 0.478. The van der Waals surface area contributed by atoms with Gasteiger partial charge in [0.25, 0.3) is 0 Å². The zero-order chi connectivity index (χ0) is 17.4. The van der Waals surface area contributed by atoms with Crippen molar-refractivity contribution in [3.05, 3.63) is 48.5 Å². The summed E-state index contributed by atoms with van der Waals surface area (Å²) in [7, 11) is 0. The molecule has 0 bridgehead atoms. The first-order valence-corrected chi connectivity index (χ1v) is 8.06. The van der Waals surface area contributed by atoms with E-state index in [1.807, 2.05) is 48.5 Å². The maximum Gasteiger partial charge on any atom is 0.0606 e. The van der Waals surface area contributed by atoms with Gasteiger partial charge in [0, 0.05) is 48.9 Å². The van der Waals surface area contributed by atoms with Crippen LogP contribution in [0.1, 0.15) is 0 Å². The second kappa shape index (κ2) is 12.5. The van der Waals surface area contributed by atoms with Crippen LogP contribution in [-0.4, -0.2) is 49.6 Å². The van der Waals surface area contributed by atoms with Gasteiger partial charge in [-0.3, -0.25) is 0 Å². The lowest BCUT2D eigenvalue weighted by Gasteiger charge is -2.30. The summed E-state index contributed by atoms with van der Waals surface area (Å²) < 4.78 is 0. The number of halogens is 2. The summed E-state index contributed by atoms with van der Waals surface area (Å²) in [5, 5.41) is 18.7. The van der Waals surface area contributed by atoms with E-state index in [9.17, 15) is 10.2 Å². The van der Waals surface area contributed by atoms with E-state index >= 15 is 0 Å². The largest absolute Gasteiger partial charge is 0.399 e. The van der Waals surface area contributed by atoms with Crippen LogP contribution in [0.2, 0.25) is 0 Å². The Morgan fingerprint density at radius 1 is 0.577 bits per heavy atom. The zero-order valence-electron chi connectivity index (χ0n) is 14.6. The number of anilines is 4. The van der Waals surface area contributed by atoms with Crippen LogP contribution in [0.15, 0.2) is 48.5 Å². The minimum atomic E-state index is 0. The molecular weight excluding hydrogens is 375 g/mol. The fourth-order valence-electron chi connectivity index (χ4n) is 2.59. The number of hydrogen-bond acceptors (Lipinski definition) is 6. The maximum atomic E-state index is 9.33. The Labute approximate surface area is 167 Å². The number of nitrogen functional groups attached to an aromatic ring is 2. The van der Waals surface area contributed by atoms with Crippen LogP contribution in [0, 0.1) is 0 Å². The zero-order valence-corrected chi connectivity index (χ0v) is 16.3. The second-order valence-electron chi connectivity index (χ2n) is 5.60. The number of aliphatic hydroxyl groups is 2. The molecular formula is C18H28Cl2N4O2. The summed E-state index contributed by atoms with van der Waals surface area (Å²) in [6, 6.07) is 15.2. The molecule has 0 amide bonds. The molecule has 0 saturated carbocycles. The van der Waals surface area contributed by atoms with Crippen molar-refractivity contribution >= 4 is 47.6 Å². The first-order chi connectivity index (χ1) is 11.6. The van der Waals surface area contributed by atoms with Crippen molar-refractivity contribution in [2.45, 2.75) is 0 Å². The molecule has 146 valence electrons. The Morgan fingerprint density at radius 2 is 0.885 bits per heavy atom. The van der Waals surface area contributed by atoms with Crippen LogP contribution in [0.3, 0.4) is 0 Å². The van der Waals surface area contributed by atoms with Gasteiger partial charge < -0.3 is 31.5 Å². The van der Waals surface area contributed by atoms with E-state index in [2.05, 4.69) is 9.80 Å². The summed E-state index contributed by atoms with van der Waals surface area (Å²) in [5.41, 5.74) is 14.9. The Kier molecular flexibility index (Phi) is 11.6. The Bertz CT molecular complexity index is 556. The van der Waals surface area contributed by atoms with E-state index in [1.54, 1.807) is 0 Å². The molecule has 6 nitrogen and oxygen atoms in total. The van der Waals surface area contributed by atoms with E-state index < -0.39 is 0 Å². The van der Waals surface area contributed by atoms with Gasteiger partial charge >= 0.3 is 0 Å². The van der Waals surface area contributed by atoms with Gasteiger partial charge in [0.2, 0.25) is 0 Å². The molecule has 0 radical (unpaired) electrons. The average molecular weight is 403 g/mol. The number of nitrogens with two attached hydrogens (primary N) is 2. The molecule has 6 N–H and O–H groups in total. The molecule has 2 aromatic rings. The third kappa shape index (κ3) is 7.17. The molecule has 0 spiro atoms. The number of benzene rings is 2. The van der Waals surface area contributed by atoms with Crippen LogP contribution in [-0.2, 0) is 0 Å². The molecule has 0 fully saturated rings. The highest BCUT2D eigenvalue weighted by molar-refractivity contribution is 5.85. The first-order valence-electron chi connectivity index (χ1n) is 8.06. The molecule has 0 atom stereocenters. The summed E-state index contributed by atoms with van der Waals surface area (Å²) in [6.07, 6.45) is 0. The Hall–Kier alpha value is -1.86. The van der Waals surface area contributed by atoms with Crippen molar-refractivity contribution < 1.29 is 10.2 Å². The van der Waals surface area contributed by atoms with E-state index in [0.717, 1.165) is 24.5 Å². The van der Waals surface area contributed by atoms with E-state index in [0.29, 0.717) is 24.5 Å². The molecule has 0 saturated heterocycles. The molecule has 26 heavy (non-hydrogen) atoms. The van der Waals surface area contributed by atoms with Gasteiger partial charge in [0.1, 0.15) is 0 Å². The predicted octanol–water partition coefficient (Wildman–Crippen LogP) is 1.99. The lowest BCUT2D eigenvalue weighted by Crippen LogP contribution is -2.38. The normalized spacial score (nSPS) is 9.77. The van der Waals surface area contributed by atoms with Gasteiger partial charge in [-0.1, -0.05) is 0 Å². The second-order valence-corrected chi connectivity index (χ2v) is 5.60. The van der Waals surface area contributed by atoms with Crippen molar-refractivity contribution in [3.8, 4) is 0 Å². The Morgan fingerprint density at radius 3 is 1.15 bits per heavy atom. The van der Waals surface area contributed by atoms with E-state index in [-0.39, 0.29) is 38.0 Å². The van der Waals surface area contributed by atoms with Gasteiger partial charge in [0.05, 0.1) is 13.2 Å². The number of hydrogen-bond donors (Lipinski definition) is 4. The van der Waals surface area contributed by atoms with Crippen molar-refractivity contribution in [1.29, 1.82) is 0 Å². The molecule has 0 heterocycles. The van der Waals surface area contributed by atoms with Crippen molar-refractivity contribution in [2.24, 2.45) is 0 Å². The Balaban J connectivity index is 0.00000312. The molecule has 0 aromatic heterocycles. The maximum absolute atomic E-state index is 9.33. The standard InChI is InChI=1S/C18H26N4O2.2ClH/c19-15-1-5-17(6-2-15)21(11-13-23)9-10-22(12-14-24)18-7-3-16(20)4-8-18;;/h1-8,23-24H,9-14,19-20H2;2*1H. The third-order valence-electron chi connectivity index (χ3n) is 3.90. The molecule has 0 aliphatic heterocycles. The average Bonchev–Trinajstić information content (AvgIpc) is 2.59. The van der Waals surface area contributed by atoms with Gasteiger partial charge in [-0.05, 0) is 48.5 Å². The molecule has 2 rings (SSSR count). The highest BCUT2D eigenvalue weighted by Gasteiger charge is 2.10. The highest BCUT2D eigenvalue weighted by Crippen LogP contribution is 2.19. The van der Waals surface area contributed by atoms with Crippen LogP contribution >= 0.6 is 24.8 Å². The summed E-state index contributed by atoms with van der Waals surface area (Å²) in [4.78, 5) is 4.20. The van der Waals surface area contributed by atoms with Gasteiger partial charge in [-0.15, -0.1) is 24.8 Å². The number of nitrogens with zero attached hydrogens (tertiary/aromatic N) is 2. The number of aliphatic hydroxyl groups excluding tert-OH is 2. The van der Waals surface area contributed by atoms with Crippen LogP contribution in [0.5, 0.6) is 0 Å². The monoisotopic (exact) mass is 402 g/mol. The summed E-state index contributed by atoms with van der Waals surface area (Å²) >= 11 is 0. The fraction of sp³-hybridized carbons (Fsp3) is 0.333. The fourth-order valence-corrected chi connectivity index (χ4v) is 2.59. The highest BCUT2D eigenvalue weighted by atomic mass is 35.5. The minimum Gasteiger partial charge on any atom is -0.399 e. The van der Waals surface area contributed by atoms with Crippen molar-refractivity contribution in [2.75, 3.05) is 60.7 Å². The molecule has 2 aromatic carbocycles. The third-order valence-corrected chi connectivity index (χ3v) is 3.90. The lowest BCUT2D eigenvalue weighted by atomic mass is 10.2. The van der Waals surface area contributed by atoms with E-state index in [4.69, 9.17) is 11.5 Å². The summed E-state index contributed by atoms with van der Waals surface area (Å²) in [5.74, 6) is 0. The molecule has 0 aliphatic rings. The molecule has 0 aliphatic carbocycles. The van der Waals surface area contributed by atoms with Crippen LogP contribution in [0.25, 0.3) is 0 Å². The smallest absolute Gasteiger partial charge is 0.0606 e. The SMILES string of the molecule is Cl.Cl.Nc1ccc(N(CCO)CCN(CCO)c2ccc(N)cc2)cc1. The number of rotatable bonds is 9. The van der Waals surface area contributed by atoms with Crippen LogP contribution < -0.4 is 21.3 Å². The lowest BCUT2D eigenvalue weighted by molar-refractivity contribution is 0.298. The van der Waals surface area contributed by atoms with Gasteiger partial charge in [0.15, 0.2) is 0 Å². The minimum absolute atomic E-state index is 0. The van der Waals surface area contributed by atoms with Crippen molar-refractivity contribution in [3.63, 3.8) is 0 Å². The summed E-state index contributed by atoms with van der Waals surface area (Å²) in [6.45, 7) is 2.67. The molecule has 8 heteroatoms.